The average Bonchev–Trinajstić information content (AvgIpc) is 2.68. The van der Waals surface area contributed by atoms with Gasteiger partial charge in [-0.15, -0.1) is 17.0 Å². The molecule has 0 bridgehead atoms. The lowest BCUT2D eigenvalue weighted by Gasteiger charge is -2.23. The van der Waals surface area contributed by atoms with E-state index < -0.39 is 0 Å². The zero-order valence-corrected chi connectivity index (χ0v) is 23.7. The molecule has 178 valence electrons. The molecule has 0 saturated heterocycles. The summed E-state index contributed by atoms with van der Waals surface area (Å²) in [6.45, 7) is 2.30. The van der Waals surface area contributed by atoms with Crippen LogP contribution in [0.5, 0.6) is 0 Å². The predicted octanol–water partition coefficient (Wildman–Crippen LogP) is 10.1. The summed E-state index contributed by atoms with van der Waals surface area (Å²) in [5, 5.41) is 1.13. The Morgan fingerprint density at radius 3 is 1.10 bits per heavy atom. The zero-order chi connectivity index (χ0) is 20.7. The summed E-state index contributed by atoms with van der Waals surface area (Å²) in [4.78, 5) is 2.40. The topological polar surface area (TPSA) is 3.24 Å². The number of nitrogens with zero attached hydrogens (tertiary/aromatic N) is 1. The van der Waals surface area contributed by atoms with Crippen molar-refractivity contribution in [1.29, 1.82) is 0 Å². The molecule has 0 radical (unpaired) electrons. The molecule has 0 heterocycles. The van der Waals surface area contributed by atoms with Gasteiger partial charge in [-0.25, -0.2) is 0 Å². The average molecular weight is 542 g/mol. The lowest BCUT2D eigenvalue weighted by molar-refractivity contribution is 0.266. The molecule has 0 spiro atoms. The van der Waals surface area contributed by atoms with Crippen LogP contribution in [0.1, 0.15) is 142 Å². The lowest BCUT2D eigenvalue weighted by Crippen LogP contribution is -2.28. The van der Waals surface area contributed by atoms with Crippen LogP contribution in [0.25, 0.3) is 0 Å². The van der Waals surface area contributed by atoms with E-state index in [9.17, 15) is 0 Å². The Hall–Kier alpha value is 0.920. The van der Waals surface area contributed by atoms with E-state index in [1.54, 1.807) is 0 Å². The Bertz CT molecular complexity index is 284. The number of halogens is 2. The van der Waals surface area contributed by atoms with Gasteiger partial charge in [0, 0.05) is 11.4 Å². The Balaban J connectivity index is 0. The van der Waals surface area contributed by atoms with Crippen molar-refractivity contribution in [3.05, 3.63) is 0 Å². The van der Waals surface area contributed by atoms with Gasteiger partial charge < -0.3 is 4.90 Å². The van der Waals surface area contributed by atoms with E-state index in [0.29, 0.717) is 0 Å². The van der Waals surface area contributed by atoms with Crippen LogP contribution < -0.4 is 0 Å². The largest absolute Gasteiger partial charge is 0.306 e. The highest BCUT2D eigenvalue weighted by Crippen LogP contribution is 2.16. The normalized spacial score (nSPS) is 12.3. The number of rotatable bonds is 23. The highest BCUT2D eigenvalue weighted by molar-refractivity contribution is 9.09. The Kier molecular flexibility index (Phi) is 29.8. The predicted molar refractivity (Wildman–Crippen MR) is 144 cm³/mol. The molecule has 0 aliphatic heterocycles. The van der Waals surface area contributed by atoms with E-state index in [2.05, 4.69) is 41.8 Å². The molecule has 0 aromatic heterocycles. The van der Waals surface area contributed by atoms with Gasteiger partial charge in [-0.05, 0) is 26.9 Å². The van der Waals surface area contributed by atoms with Gasteiger partial charge in [-0.1, -0.05) is 145 Å². The van der Waals surface area contributed by atoms with Gasteiger partial charge in [0.2, 0.25) is 0 Å². The number of alkyl halides is 1. The maximum atomic E-state index is 3.59. The van der Waals surface area contributed by atoms with Crippen LogP contribution in [-0.4, -0.2) is 30.4 Å². The second-order valence-electron chi connectivity index (χ2n) is 9.25. The minimum Gasteiger partial charge on any atom is -0.306 e. The van der Waals surface area contributed by atoms with E-state index in [0.717, 1.165) is 11.4 Å². The van der Waals surface area contributed by atoms with Crippen LogP contribution in [0.15, 0.2) is 0 Å². The highest BCUT2D eigenvalue weighted by Gasteiger charge is 2.09. The van der Waals surface area contributed by atoms with Crippen molar-refractivity contribution in [3.63, 3.8) is 0 Å². The van der Waals surface area contributed by atoms with Crippen molar-refractivity contribution in [2.75, 3.05) is 19.4 Å². The lowest BCUT2D eigenvalue weighted by atomic mass is 10.0. The molecule has 0 saturated carbocycles. The number of hydrogen-bond donors (Lipinski definition) is 0. The summed E-state index contributed by atoms with van der Waals surface area (Å²) in [7, 11) is 4.45. The Morgan fingerprint density at radius 1 is 0.517 bits per heavy atom. The van der Waals surface area contributed by atoms with Gasteiger partial charge in [-0.2, -0.15) is 0 Å². The van der Waals surface area contributed by atoms with Crippen molar-refractivity contribution in [2.24, 2.45) is 0 Å². The molecule has 1 atom stereocenters. The Morgan fingerprint density at radius 2 is 0.828 bits per heavy atom. The van der Waals surface area contributed by atoms with E-state index in [-0.39, 0.29) is 17.0 Å². The van der Waals surface area contributed by atoms with E-state index in [1.807, 2.05) is 0 Å². The number of unbranched alkanes of at least 4 members (excludes halogenated alkanes) is 18. The molecule has 29 heavy (non-hydrogen) atoms. The molecule has 0 aliphatic carbocycles. The molecular formula is C26H55Br2N. The van der Waals surface area contributed by atoms with Crippen molar-refractivity contribution >= 4 is 32.9 Å². The third-order valence-corrected chi connectivity index (χ3v) is 6.77. The molecular weight excluding hydrogens is 486 g/mol. The minimum absolute atomic E-state index is 0. The maximum absolute atomic E-state index is 3.59. The van der Waals surface area contributed by atoms with Crippen molar-refractivity contribution in [3.8, 4) is 0 Å². The van der Waals surface area contributed by atoms with Gasteiger partial charge in [0.15, 0.2) is 0 Å². The first-order valence-corrected chi connectivity index (χ1v) is 14.1. The Labute approximate surface area is 204 Å². The summed E-state index contributed by atoms with van der Waals surface area (Å²) in [5.74, 6) is 0. The summed E-state index contributed by atoms with van der Waals surface area (Å²) in [6.07, 6.45) is 30.4. The maximum Gasteiger partial charge on any atom is 0.00971 e. The SMILES string of the molecule is Br.CCCCCCCCCCCCCCCCCCCCCC(CCBr)N(C)C. The smallest absolute Gasteiger partial charge is 0.00971 e. The molecule has 0 aromatic rings. The molecule has 0 amide bonds. The monoisotopic (exact) mass is 539 g/mol. The van der Waals surface area contributed by atoms with Gasteiger partial charge in [0.1, 0.15) is 0 Å². The first-order valence-electron chi connectivity index (χ1n) is 12.9. The fraction of sp³-hybridized carbons (Fsp3) is 1.00. The van der Waals surface area contributed by atoms with Crippen LogP contribution >= 0.6 is 32.9 Å². The second-order valence-corrected chi connectivity index (χ2v) is 10.0. The fourth-order valence-corrected chi connectivity index (χ4v) is 4.77. The molecule has 0 fully saturated rings. The van der Waals surface area contributed by atoms with Crippen LogP contribution in [0, 0.1) is 0 Å². The van der Waals surface area contributed by atoms with Crippen LogP contribution in [0.3, 0.4) is 0 Å². The van der Waals surface area contributed by atoms with Crippen molar-refractivity contribution in [2.45, 2.75) is 148 Å². The molecule has 3 heteroatoms. The molecule has 0 aliphatic rings. The summed E-state index contributed by atoms with van der Waals surface area (Å²) < 4.78 is 0. The third-order valence-electron chi connectivity index (χ3n) is 6.31. The summed E-state index contributed by atoms with van der Waals surface area (Å²) >= 11 is 3.59. The second kappa shape index (κ2) is 27.0. The first kappa shape index (κ1) is 32.1. The summed E-state index contributed by atoms with van der Waals surface area (Å²) in [5.41, 5.74) is 0. The minimum atomic E-state index is 0. The molecule has 0 aromatic carbocycles. The van der Waals surface area contributed by atoms with Gasteiger partial charge in [0.25, 0.3) is 0 Å². The van der Waals surface area contributed by atoms with Crippen LogP contribution in [0.4, 0.5) is 0 Å². The molecule has 1 unspecified atom stereocenters. The first-order chi connectivity index (χ1) is 13.7. The van der Waals surface area contributed by atoms with E-state index in [1.165, 1.54) is 135 Å². The van der Waals surface area contributed by atoms with Crippen molar-refractivity contribution < 1.29 is 0 Å². The van der Waals surface area contributed by atoms with E-state index >= 15 is 0 Å². The van der Waals surface area contributed by atoms with Gasteiger partial charge in [0.05, 0.1) is 0 Å². The molecule has 0 rings (SSSR count). The van der Waals surface area contributed by atoms with Gasteiger partial charge in [-0.3, -0.25) is 0 Å². The van der Waals surface area contributed by atoms with Crippen LogP contribution in [-0.2, 0) is 0 Å². The quantitative estimate of drug-likeness (QED) is 0.0919. The summed E-state index contributed by atoms with van der Waals surface area (Å²) in [6, 6.07) is 0.769. The zero-order valence-electron chi connectivity index (χ0n) is 20.4. The third kappa shape index (κ3) is 25.1. The van der Waals surface area contributed by atoms with Crippen molar-refractivity contribution in [1.82, 2.24) is 4.90 Å². The standard InChI is InChI=1S/C26H54BrN.BrH/c1-4-5-6-7-8-9-10-11-12-13-14-15-16-17-18-19-20-21-22-23-26(24-25-27)28(2)3;/h26H,4-25H2,1-3H3;1H. The fourth-order valence-electron chi connectivity index (χ4n) is 4.25. The molecule has 1 nitrogen and oxygen atoms in total. The van der Waals surface area contributed by atoms with Crippen LogP contribution in [0.2, 0.25) is 0 Å². The highest BCUT2D eigenvalue weighted by atomic mass is 79.9. The number of hydrogen-bond acceptors (Lipinski definition) is 1. The van der Waals surface area contributed by atoms with E-state index in [4.69, 9.17) is 0 Å². The van der Waals surface area contributed by atoms with Gasteiger partial charge >= 0.3 is 0 Å². The molecule has 0 N–H and O–H groups in total.